The highest BCUT2D eigenvalue weighted by molar-refractivity contribution is 7.81. The summed E-state index contributed by atoms with van der Waals surface area (Å²) in [6, 6.07) is 8.20. The number of pyridine rings is 1. The van der Waals surface area contributed by atoms with E-state index in [1.165, 1.54) is 12.1 Å². The van der Waals surface area contributed by atoms with Crippen LogP contribution in [0, 0.1) is 0 Å². The van der Waals surface area contributed by atoms with E-state index in [2.05, 4.69) is 10.3 Å². The van der Waals surface area contributed by atoms with Crippen molar-refractivity contribution in [3.8, 4) is 0 Å². The molecule has 0 aliphatic rings. The third-order valence-electron chi connectivity index (χ3n) is 2.39. The Labute approximate surface area is 113 Å². The third kappa shape index (κ3) is 3.51. The van der Waals surface area contributed by atoms with Crippen molar-refractivity contribution in [2.75, 3.05) is 5.32 Å². The van der Waals surface area contributed by atoms with Crippen LogP contribution < -0.4 is 5.32 Å². The molecule has 0 amide bonds. The number of hydrogen-bond acceptors (Lipinski definition) is 2. The van der Waals surface area contributed by atoms with Gasteiger partial charge < -0.3 is 5.32 Å². The topological polar surface area (TPSA) is 24.9 Å². The number of halogens is 3. The van der Waals surface area contributed by atoms with Crippen molar-refractivity contribution in [1.82, 2.24) is 4.98 Å². The minimum absolute atomic E-state index is 0.349. The maximum atomic E-state index is 12.4. The summed E-state index contributed by atoms with van der Waals surface area (Å²) in [5, 5.41) is 2.90. The van der Waals surface area contributed by atoms with Gasteiger partial charge in [-0.15, -0.1) is 0 Å². The smallest absolute Gasteiger partial charge is 0.345 e. The quantitative estimate of drug-likeness (QED) is 0.846. The van der Waals surface area contributed by atoms with E-state index in [1.54, 1.807) is 24.5 Å². The minimum atomic E-state index is -4.34. The monoisotopic (exact) mass is 282 g/mol. The minimum Gasteiger partial charge on any atom is -0.345 e. The predicted octanol–water partition coefficient (Wildman–Crippen LogP) is 3.89. The van der Waals surface area contributed by atoms with Crippen LogP contribution in [0.5, 0.6) is 0 Å². The van der Waals surface area contributed by atoms with Crippen LogP contribution in [-0.2, 0) is 6.18 Å². The van der Waals surface area contributed by atoms with Gasteiger partial charge in [0, 0.05) is 11.8 Å². The fourth-order valence-electron chi connectivity index (χ4n) is 1.45. The molecule has 1 heterocycles. The van der Waals surface area contributed by atoms with E-state index in [0.29, 0.717) is 16.2 Å². The molecular weight excluding hydrogens is 273 g/mol. The van der Waals surface area contributed by atoms with Crippen LogP contribution in [0.1, 0.15) is 11.1 Å². The molecule has 2 aromatic rings. The van der Waals surface area contributed by atoms with Crippen molar-refractivity contribution in [3.05, 3.63) is 59.9 Å². The lowest BCUT2D eigenvalue weighted by molar-refractivity contribution is -0.137. The molecule has 0 aliphatic carbocycles. The van der Waals surface area contributed by atoms with Crippen molar-refractivity contribution in [1.29, 1.82) is 0 Å². The maximum absolute atomic E-state index is 12.4. The van der Waals surface area contributed by atoms with E-state index in [-0.39, 0.29) is 0 Å². The standard InChI is InChI=1S/C13H9F3N2S/c14-13(15,16)10-5-3-9(4-6-10)12(19)18-11-2-1-7-17-8-11/h1-8H,(H,18,19). The third-order valence-corrected chi connectivity index (χ3v) is 2.73. The van der Waals surface area contributed by atoms with Crippen LogP contribution >= 0.6 is 12.2 Å². The number of anilines is 1. The van der Waals surface area contributed by atoms with Crippen molar-refractivity contribution < 1.29 is 13.2 Å². The molecule has 0 radical (unpaired) electrons. The first kappa shape index (κ1) is 13.5. The molecule has 1 aromatic heterocycles. The number of thiocarbonyl (C=S) groups is 1. The Bertz CT molecular complexity index is 565. The first-order chi connectivity index (χ1) is 8.97. The summed E-state index contributed by atoms with van der Waals surface area (Å²) in [5.41, 5.74) is 0.514. The number of nitrogens with one attached hydrogen (secondary N) is 1. The van der Waals surface area contributed by atoms with Gasteiger partial charge in [-0.3, -0.25) is 4.98 Å². The zero-order chi connectivity index (χ0) is 13.9. The maximum Gasteiger partial charge on any atom is 0.416 e. The number of rotatable bonds is 2. The molecule has 0 atom stereocenters. The van der Waals surface area contributed by atoms with E-state index in [9.17, 15) is 13.2 Å². The van der Waals surface area contributed by atoms with Crippen molar-refractivity contribution >= 4 is 22.9 Å². The first-order valence-electron chi connectivity index (χ1n) is 5.35. The van der Waals surface area contributed by atoms with Crippen LogP contribution in [0.2, 0.25) is 0 Å². The fraction of sp³-hybridized carbons (Fsp3) is 0.0769. The molecule has 0 aliphatic heterocycles. The van der Waals surface area contributed by atoms with Gasteiger partial charge in [-0.2, -0.15) is 13.2 Å². The van der Waals surface area contributed by atoms with E-state index in [0.717, 1.165) is 12.1 Å². The summed E-state index contributed by atoms with van der Waals surface area (Å²) in [4.78, 5) is 4.26. The molecule has 0 fully saturated rings. The Hall–Kier alpha value is -1.95. The van der Waals surface area contributed by atoms with E-state index < -0.39 is 11.7 Å². The number of hydrogen-bond donors (Lipinski definition) is 1. The number of benzene rings is 1. The zero-order valence-corrected chi connectivity index (χ0v) is 10.4. The molecule has 0 spiro atoms. The summed E-state index contributed by atoms with van der Waals surface area (Å²) in [7, 11) is 0. The van der Waals surface area contributed by atoms with E-state index in [1.807, 2.05) is 0 Å². The second-order valence-corrected chi connectivity index (χ2v) is 4.18. The molecule has 98 valence electrons. The van der Waals surface area contributed by atoms with Gasteiger partial charge >= 0.3 is 6.18 Å². The molecule has 0 unspecified atom stereocenters. The molecule has 0 saturated carbocycles. The highest BCUT2D eigenvalue weighted by atomic mass is 32.1. The van der Waals surface area contributed by atoms with Gasteiger partial charge in [0.2, 0.25) is 0 Å². The molecular formula is C13H9F3N2S. The second-order valence-electron chi connectivity index (χ2n) is 3.77. The van der Waals surface area contributed by atoms with Gasteiger partial charge in [-0.25, -0.2) is 0 Å². The van der Waals surface area contributed by atoms with Crippen molar-refractivity contribution in [2.45, 2.75) is 6.18 Å². The Kier molecular flexibility index (Phi) is 3.80. The van der Waals surface area contributed by atoms with Gasteiger partial charge in [0.15, 0.2) is 0 Å². The Balaban J connectivity index is 2.12. The second kappa shape index (κ2) is 5.36. The number of nitrogens with zero attached hydrogens (tertiary/aromatic N) is 1. The molecule has 0 bridgehead atoms. The predicted molar refractivity (Wildman–Crippen MR) is 71.0 cm³/mol. The van der Waals surface area contributed by atoms with Crippen molar-refractivity contribution in [3.63, 3.8) is 0 Å². The molecule has 2 nitrogen and oxygen atoms in total. The van der Waals surface area contributed by atoms with Gasteiger partial charge in [-0.05, 0) is 24.3 Å². The Morgan fingerprint density at radius 3 is 2.32 bits per heavy atom. The van der Waals surface area contributed by atoms with E-state index in [4.69, 9.17) is 12.2 Å². The zero-order valence-electron chi connectivity index (χ0n) is 9.61. The molecule has 6 heteroatoms. The first-order valence-corrected chi connectivity index (χ1v) is 5.76. The molecule has 2 rings (SSSR count). The lowest BCUT2D eigenvalue weighted by Gasteiger charge is -2.10. The lowest BCUT2D eigenvalue weighted by atomic mass is 10.1. The van der Waals surface area contributed by atoms with Gasteiger partial charge in [0.1, 0.15) is 4.99 Å². The highest BCUT2D eigenvalue weighted by Gasteiger charge is 2.30. The van der Waals surface area contributed by atoms with Crippen LogP contribution in [0.15, 0.2) is 48.8 Å². The summed E-state index contributed by atoms with van der Waals surface area (Å²) in [6.45, 7) is 0. The van der Waals surface area contributed by atoms with Crippen LogP contribution in [-0.4, -0.2) is 9.97 Å². The van der Waals surface area contributed by atoms with Crippen LogP contribution in [0.4, 0.5) is 18.9 Å². The lowest BCUT2D eigenvalue weighted by Crippen LogP contribution is -2.11. The Morgan fingerprint density at radius 2 is 1.79 bits per heavy atom. The van der Waals surface area contributed by atoms with Gasteiger partial charge in [0.05, 0.1) is 17.4 Å². The summed E-state index contributed by atoms with van der Waals surface area (Å²) in [6.07, 6.45) is -1.14. The summed E-state index contributed by atoms with van der Waals surface area (Å²) in [5.74, 6) is 0. The number of aromatic nitrogens is 1. The summed E-state index contributed by atoms with van der Waals surface area (Å²) < 4.78 is 37.2. The largest absolute Gasteiger partial charge is 0.416 e. The van der Waals surface area contributed by atoms with Crippen LogP contribution in [0.25, 0.3) is 0 Å². The molecule has 0 saturated heterocycles. The molecule has 1 aromatic carbocycles. The average molecular weight is 282 g/mol. The highest BCUT2D eigenvalue weighted by Crippen LogP contribution is 2.29. The van der Waals surface area contributed by atoms with E-state index >= 15 is 0 Å². The Morgan fingerprint density at radius 1 is 1.11 bits per heavy atom. The molecule has 19 heavy (non-hydrogen) atoms. The normalized spacial score (nSPS) is 11.1. The average Bonchev–Trinajstić information content (AvgIpc) is 2.39. The van der Waals surface area contributed by atoms with Crippen molar-refractivity contribution in [2.24, 2.45) is 0 Å². The summed E-state index contributed by atoms with van der Waals surface area (Å²) >= 11 is 5.12. The molecule has 1 N–H and O–H groups in total. The van der Waals surface area contributed by atoms with Gasteiger partial charge in [-0.1, -0.05) is 24.4 Å². The fourth-order valence-corrected chi connectivity index (χ4v) is 1.70. The SMILES string of the molecule is FC(F)(F)c1ccc(C(=S)Nc2cccnc2)cc1. The van der Waals surface area contributed by atoms with Crippen LogP contribution in [0.3, 0.4) is 0 Å². The number of alkyl halides is 3. The van der Waals surface area contributed by atoms with Gasteiger partial charge in [0.25, 0.3) is 0 Å².